The highest BCUT2D eigenvalue weighted by molar-refractivity contribution is 5.79. The summed E-state index contributed by atoms with van der Waals surface area (Å²) in [6, 6.07) is 0. The number of unbranched alkanes of at least 4 members (excludes halogenated alkanes) is 1. The molecule has 0 aromatic carbocycles. The van der Waals surface area contributed by atoms with Crippen LogP contribution >= 0.6 is 0 Å². The molecule has 2 N–H and O–H groups in total. The lowest BCUT2D eigenvalue weighted by Gasteiger charge is -2.26. The van der Waals surface area contributed by atoms with Crippen LogP contribution in [0.1, 0.15) is 26.2 Å². The van der Waals surface area contributed by atoms with Crippen LogP contribution < -0.4 is 10.6 Å². The van der Waals surface area contributed by atoms with Crippen molar-refractivity contribution < 1.29 is 9.47 Å². The van der Waals surface area contributed by atoms with Crippen LogP contribution in [0.25, 0.3) is 0 Å². The van der Waals surface area contributed by atoms with Crippen LogP contribution in [0.2, 0.25) is 0 Å². The molecule has 148 valence electrons. The molecule has 0 spiro atoms. The van der Waals surface area contributed by atoms with Gasteiger partial charge in [-0.1, -0.05) is 0 Å². The molecule has 0 aromatic rings. The zero-order valence-corrected chi connectivity index (χ0v) is 16.6. The standard InChI is InChI=1S/C18H39N5O2/c1-4-19-18(21-9-12-22(2)10-7-15-24-3)20-8-5-6-11-23-13-16-25-17-14-23/h4-17H2,1-3H3,(H2,19,20,21). The van der Waals surface area contributed by atoms with E-state index < -0.39 is 0 Å². The van der Waals surface area contributed by atoms with E-state index in [2.05, 4.69) is 39.4 Å². The average Bonchev–Trinajstić information content (AvgIpc) is 2.62. The number of hydrogen-bond donors (Lipinski definition) is 2. The van der Waals surface area contributed by atoms with E-state index in [9.17, 15) is 0 Å². The second-order valence-electron chi connectivity index (χ2n) is 6.50. The van der Waals surface area contributed by atoms with Crippen molar-refractivity contribution in [2.75, 3.05) is 86.3 Å². The summed E-state index contributed by atoms with van der Waals surface area (Å²) in [5.74, 6) is 0.930. The SMILES string of the molecule is CCNC(=NCCCCN1CCOCC1)NCCN(C)CCCOC. The van der Waals surface area contributed by atoms with E-state index >= 15 is 0 Å². The predicted molar refractivity (Wildman–Crippen MR) is 104 cm³/mol. The van der Waals surface area contributed by atoms with Crippen LogP contribution in [0.4, 0.5) is 0 Å². The molecule has 1 aliphatic rings. The fourth-order valence-electron chi connectivity index (χ4n) is 2.76. The highest BCUT2D eigenvalue weighted by Gasteiger charge is 2.08. The van der Waals surface area contributed by atoms with Crippen molar-refractivity contribution in [1.29, 1.82) is 0 Å². The molecule has 0 radical (unpaired) electrons. The van der Waals surface area contributed by atoms with Crippen LogP contribution in [0.3, 0.4) is 0 Å². The van der Waals surface area contributed by atoms with Gasteiger partial charge >= 0.3 is 0 Å². The summed E-state index contributed by atoms with van der Waals surface area (Å²) in [4.78, 5) is 9.48. The zero-order valence-electron chi connectivity index (χ0n) is 16.6. The Hall–Kier alpha value is -0.890. The average molecular weight is 358 g/mol. The third-order valence-corrected chi connectivity index (χ3v) is 4.27. The molecule has 0 saturated carbocycles. The molecule has 7 nitrogen and oxygen atoms in total. The van der Waals surface area contributed by atoms with Gasteiger partial charge in [-0.15, -0.1) is 0 Å². The van der Waals surface area contributed by atoms with Crippen molar-refractivity contribution in [2.45, 2.75) is 26.2 Å². The van der Waals surface area contributed by atoms with Gasteiger partial charge in [-0.3, -0.25) is 9.89 Å². The highest BCUT2D eigenvalue weighted by atomic mass is 16.5. The second-order valence-corrected chi connectivity index (χ2v) is 6.50. The Morgan fingerprint density at radius 3 is 2.68 bits per heavy atom. The van der Waals surface area contributed by atoms with Gasteiger partial charge in [0.1, 0.15) is 0 Å². The molecular weight excluding hydrogens is 318 g/mol. The Morgan fingerprint density at radius 2 is 1.96 bits per heavy atom. The van der Waals surface area contributed by atoms with Gasteiger partial charge in [0.25, 0.3) is 0 Å². The molecule has 0 atom stereocenters. The Balaban J connectivity index is 2.11. The quantitative estimate of drug-likeness (QED) is 0.286. The minimum atomic E-state index is 0.826. The highest BCUT2D eigenvalue weighted by Crippen LogP contribution is 2.00. The number of guanidine groups is 1. The van der Waals surface area contributed by atoms with Gasteiger partial charge in [0.2, 0.25) is 0 Å². The number of ether oxygens (including phenoxy) is 2. The third kappa shape index (κ3) is 12.2. The van der Waals surface area contributed by atoms with Crippen molar-refractivity contribution in [1.82, 2.24) is 20.4 Å². The summed E-state index contributed by atoms with van der Waals surface area (Å²) in [6.07, 6.45) is 3.40. The van der Waals surface area contributed by atoms with Crippen LogP contribution in [-0.2, 0) is 9.47 Å². The van der Waals surface area contributed by atoms with Crippen LogP contribution in [0.15, 0.2) is 4.99 Å². The largest absolute Gasteiger partial charge is 0.385 e. The zero-order chi connectivity index (χ0) is 18.2. The van der Waals surface area contributed by atoms with Crippen LogP contribution in [0.5, 0.6) is 0 Å². The van der Waals surface area contributed by atoms with Gasteiger partial charge < -0.3 is 25.0 Å². The third-order valence-electron chi connectivity index (χ3n) is 4.27. The lowest BCUT2D eigenvalue weighted by molar-refractivity contribution is 0.0373. The summed E-state index contributed by atoms with van der Waals surface area (Å²) in [5, 5.41) is 6.74. The maximum atomic E-state index is 5.38. The number of methoxy groups -OCH3 is 1. The molecule has 0 amide bonds. The second kappa shape index (κ2) is 15.4. The Morgan fingerprint density at radius 1 is 1.16 bits per heavy atom. The first-order valence-corrected chi connectivity index (χ1v) is 9.76. The van der Waals surface area contributed by atoms with Gasteiger partial charge in [-0.2, -0.15) is 0 Å². The van der Waals surface area contributed by atoms with Crippen molar-refractivity contribution in [3.8, 4) is 0 Å². The van der Waals surface area contributed by atoms with E-state index in [1.165, 1.54) is 6.42 Å². The van der Waals surface area contributed by atoms with Gasteiger partial charge in [0, 0.05) is 59.5 Å². The van der Waals surface area contributed by atoms with Gasteiger partial charge in [-0.25, -0.2) is 0 Å². The number of rotatable bonds is 13. The topological polar surface area (TPSA) is 61.4 Å². The van der Waals surface area contributed by atoms with Gasteiger partial charge in [0.15, 0.2) is 5.96 Å². The maximum Gasteiger partial charge on any atom is 0.191 e. The minimum absolute atomic E-state index is 0.826. The van der Waals surface area contributed by atoms with Gasteiger partial charge in [-0.05, 0) is 39.8 Å². The molecule has 1 heterocycles. The van der Waals surface area contributed by atoms with Gasteiger partial charge in [0.05, 0.1) is 13.2 Å². The first-order valence-electron chi connectivity index (χ1n) is 9.76. The Labute approximate surface area is 154 Å². The molecule has 0 aromatic heterocycles. The maximum absolute atomic E-state index is 5.38. The Kier molecular flexibility index (Phi) is 13.6. The first kappa shape index (κ1) is 22.2. The van der Waals surface area contributed by atoms with E-state index in [1.807, 2.05) is 0 Å². The van der Waals surface area contributed by atoms with Crippen LogP contribution in [-0.4, -0.2) is 102 Å². The first-order chi connectivity index (χ1) is 12.3. The van der Waals surface area contributed by atoms with Crippen molar-refractivity contribution in [3.05, 3.63) is 0 Å². The number of aliphatic imine (C=N–C) groups is 1. The van der Waals surface area contributed by atoms with Crippen molar-refractivity contribution in [2.24, 2.45) is 4.99 Å². The summed E-state index contributed by atoms with van der Waals surface area (Å²) in [7, 11) is 3.90. The van der Waals surface area contributed by atoms with E-state index in [1.54, 1.807) is 7.11 Å². The summed E-state index contributed by atoms with van der Waals surface area (Å²) < 4.78 is 10.5. The van der Waals surface area contributed by atoms with E-state index in [-0.39, 0.29) is 0 Å². The summed E-state index contributed by atoms with van der Waals surface area (Å²) >= 11 is 0. The number of nitrogens with zero attached hydrogens (tertiary/aromatic N) is 3. The van der Waals surface area contributed by atoms with Crippen LogP contribution in [0, 0.1) is 0 Å². The molecule has 1 fully saturated rings. The van der Waals surface area contributed by atoms with Crippen molar-refractivity contribution in [3.63, 3.8) is 0 Å². The van der Waals surface area contributed by atoms with Crippen molar-refractivity contribution >= 4 is 5.96 Å². The number of hydrogen-bond acceptors (Lipinski definition) is 5. The number of likely N-dealkylation sites (N-methyl/N-ethyl adjacent to an activating group) is 1. The molecule has 0 unspecified atom stereocenters. The summed E-state index contributed by atoms with van der Waals surface area (Å²) in [5.41, 5.74) is 0. The van der Waals surface area contributed by atoms with E-state index in [0.717, 1.165) is 91.0 Å². The number of nitrogens with one attached hydrogen (secondary N) is 2. The Bertz CT molecular complexity index is 335. The molecule has 0 aliphatic carbocycles. The number of morpholine rings is 1. The molecule has 1 saturated heterocycles. The smallest absolute Gasteiger partial charge is 0.191 e. The monoisotopic (exact) mass is 357 g/mol. The molecule has 25 heavy (non-hydrogen) atoms. The normalized spacial score (nSPS) is 16.4. The molecular formula is C18H39N5O2. The molecule has 1 aliphatic heterocycles. The molecule has 7 heteroatoms. The van der Waals surface area contributed by atoms with E-state index in [4.69, 9.17) is 9.47 Å². The predicted octanol–water partition coefficient (Wildman–Crippen LogP) is 0.622. The lowest BCUT2D eigenvalue weighted by Crippen LogP contribution is -2.41. The lowest BCUT2D eigenvalue weighted by atomic mass is 10.3. The fourth-order valence-corrected chi connectivity index (χ4v) is 2.76. The van der Waals surface area contributed by atoms with E-state index in [0.29, 0.717) is 0 Å². The molecule has 0 bridgehead atoms. The fraction of sp³-hybridized carbons (Fsp3) is 0.944. The molecule has 1 rings (SSSR count). The minimum Gasteiger partial charge on any atom is -0.385 e. The summed E-state index contributed by atoms with van der Waals surface area (Å²) in [6.45, 7) is 12.7.